The second kappa shape index (κ2) is 18.1. The Hall–Kier alpha value is -5.02. The third kappa shape index (κ3) is 12.1. The molecule has 0 saturated heterocycles. The summed E-state index contributed by atoms with van der Waals surface area (Å²) in [4.78, 5) is 0. The minimum absolute atomic E-state index is 0.718. The van der Waals surface area contributed by atoms with Crippen molar-refractivity contribution < 1.29 is 27.1 Å². The van der Waals surface area contributed by atoms with E-state index in [1.54, 1.807) is 0 Å². The number of hydrogen-bond donors (Lipinski definition) is 0. The van der Waals surface area contributed by atoms with Gasteiger partial charge in [0.25, 0.3) is 0 Å². The zero-order chi connectivity index (χ0) is 35.3. The van der Waals surface area contributed by atoms with Gasteiger partial charge in [0, 0.05) is 0 Å². The Balaban J connectivity index is 0.000000194. The molecule has 0 heterocycles. The van der Waals surface area contributed by atoms with Gasteiger partial charge in [-0.2, -0.15) is 0 Å². The Morgan fingerprint density at radius 3 is 0.460 bits per heavy atom. The summed E-state index contributed by atoms with van der Waals surface area (Å²) in [6.45, 7) is 12.2. The Labute approximate surface area is 298 Å². The van der Waals surface area contributed by atoms with E-state index in [2.05, 4.69) is 0 Å². The number of rotatable bonds is 12. The highest BCUT2D eigenvalue weighted by molar-refractivity contribution is 7.43. The van der Waals surface area contributed by atoms with Gasteiger partial charge in [-0.15, -0.1) is 0 Å². The lowest BCUT2D eigenvalue weighted by atomic mass is 10.2. The first-order chi connectivity index (χ1) is 24.2. The lowest BCUT2D eigenvalue weighted by molar-refractivity contribution is 0.387. The molecule has 0 aliphatic carbocycles. The molecule has 6 nitrogen and oxygen atoms in total. The van der Waals surface area contributed by atoms with E-state index in [-0.39, 0.29) is 0 Å². The maximum Gasteiger partial charge on any atom is 0.530 e. The normalized spacial score (nSPS) is 10.6. The average molecular weight is 705 g/mol. The van der Waals surface area contributed by atoms with Gasteiger partial charge in [-0.3, -0.25) is 0 Å². The van der Waals surface area contributed by atoms with Gasteiger partial charge >= 0.3 is 17.2 Å². The fourth-order valence-electron chi connectivity index (χ4n) is 4.22. The summed E-state index contributed by atoms with van der Waals surface area (Å²) in [6.07, 6.45) is 0. The zero-order valence-corrected chi connectivity index (χ0v) is 31.0. The van der Waals surface area contributed by atoms with Crippen LogP contribution in [-0.2, 0) is 0 Å². The first-order valence-corrected chi connectivity index (χ1v) is 18.4. The first kappa shape index (κ1) is 36.3. The van der Waals surface area contributed by atoms with Crippen molar-refractivity contribution in [3.8, 4) is 34.5 Å². The molecule has 50 heavy (non-hydrogen) atoms. The van der Waals surface area contributed by atoms with Crippen molar-refractivity contribution in [3.63, 3.8) is 0 Å². The molecule has 0 radical (unpaired) electrons. The van der Waals surface area contributed by atoms with E-state index in [4.69, 9.17) is 27.1 Å². The maximum absolute atomic E-state index is 5.96. The molecule has 0 bridgehead atoms. The van der Waals surface area contributed by atoms with Gasteiger partial charge < -0.3 is 27.1 Å². The van der Waals surface area contributed by atoms with Crippen molar-refractivity contribution in [2.75, 3.05) is 0 Å². The van der Waals surface area contributed by atoms with Crippen LogP contribution in [0.15, 0.2) is 146 Å². The molecule has 0 atom stereocenters. The molecule has 0 aliphatic heterocycles. The summed E-state index contributed by atoms with van der Waals surface area (Å²) in [5, 5.41) is 0. The van der Waals surface area contributed by atoms with Crippen molar-refractivity contribution in [3.05, 3.63) is 179 Å². The van der Waals surface area contributed by atoms with Gasteiger partial charge in [0.15, 0.2) is 0 Å². The van der Waals surface area contributed by atoms with Gasteiger partial charge in [-0.05, 0) is 114 Å². The monoisotopic (exact) mass is 704 g/mol. The summed E-state index contributed by atoms with van der Waals surface area (Å²) < 4.78 is 35.7. The summed E-state index contributed by atoms with van der Waals surface area (Å²) >= 11 is 0. The minimum atomic E-state index is -1.62. The van der Waals surface area contributed by atoms with E-state index in [0.29, 0.717) is 0 Å². The van der Waals surface area contributed by atoms with E-state index in [0.717, 1.165) is 34.5 Å². The lowest BCUT2D eigenvalue weighted by Gasteiger charge is -2.18. The van der Waals surface area contributed by atoms with Crippen molar-refractivity contribution in [1.29, 1.82) is 0 Å². The number of aryl methyl sites for hydroxylation is 6. The summed E-state index contributed by atoms with van der Waals surface area (Å²) in [7, 11) is -3.24. The van der Waals surface area contributed by atoms with Crippen LogP contribution in [0, 0.1) is 41.5 Å². The Bertz CT molecular complexity index is 1510. The van der Waals surface area contributed by atoms with Crippen LogP contribution in [0.3, 0.4) is 0 Å². The van der Waals surface area contributed by atoms with Crippen LogP contribution in [0.25, 0.3) is 0 Å². The third-order valence-electron chi connectivity index (χ3n) is 7.21. The van der Waals surface area contributed by atoms with Crippen LogP contribution in [0.4, 0.5) is 0 Å². The fraction of sp³-hybridized carbons (Fsp3) is 0.143. The fourth-order valence-corrected chi connectivity index (χ4v) is 6.21. The highest BCUT2D eigenvalue weighted by Gasteiger charge is 2.21. The average Bonchev–Trinajstić information content (AvgIpc) is 3.11. The molecule has 0 saturated carbocycles. The maximum atomic E-state index is 5.96. The molecule has 6 aromatic rings. The van der Waals surface area contributed by atoms with Crippen molar-refractivity contribution in [1.82, 2.24) is 0 Å². The summed E-state index contributed by atoms with van der Waals surface area (Å²) in [5.74, 6) is 4.31. The molecule has 8 heteroatoms. The highest BCUT2D eigenvalue weighted by Crippen LogP contribution is 2.43. The molecule has 256 valence electrons. The molecule has 0 spiro atoms. The van der Waals surface area contributed by atoms with E-state index in [9.17, 15) is 0 Å². The van der Waals surface area contributed by atoms with Crippen molar-refractivity contribution in [2.45, 2.75) is 41.5 Å². The smallest absolute Gasteiger partial charge is 0.409 e. The van der Waals surface area contributed by atoms with Crippen LogP contribution in [0.1, 0.15) is 33.4 Å². The lowest BCUT2D eigenvalue weighted by Crippen LogP contribution is -2.02. The Morgan fingerprint density at radius 1 is 0.220 bits per heavy atom. The van der Waals surface area contributed by atoms with Crippen LogP contribution >= 0.6 is 17.2 Å². The third-order valence-corrected chi connectivity index (χ3v) is 9.36. The predicted molar refractivity (Wildman–Crippen MR) is 205 cm³/mol. The summed E-state index contributed by atoms with van der Waals surface area (Å²) in [5.41, 5.74) is 7.06. The molecular formula is C42H42O6P2. The van der Waals surface area contributed by atoms with Crippen LogP contribution in [0.5, 0.6) is 34.5 Å². The predicted octanol–water partition coefficient (Wildman–Crippen LogP) is 12.8. The zero-order valence-electron chi connectivity index (χ0n) is 29.2. The van der Waals surface area contributed by atoms with E-state index >= 15 is 0 Å². The molecule has 0 aliphatic rings. The second-order valence-corrected chi connectivity index (χ2v) is 13.9. The van der Waals surface area contributed by atoms with Crippen LogP contribution in [0.2, 0.25) is 0 Å². The standard InChI is InChI=1S/2C21H21O3P/c2*1-16-4-10-19(11-5-16)22-25(23-20-12-6-17(2)7-13-20)24-21-14-8-18(3)9-15-21/h2*4-15H,1-3H3. The highest BCUT2D eigenvalue weighted by atomic mass is 31.2. The van der Waals surface area contributed by atoms with Crippen molar-refractivity contribution >= 4 is 17.2 Å². The second-order valence-electron chi connectivity index (χ2n) is 11.9. The molecule has 0 amide bonds. The molecular weight excluding hydrogens is 662 g/mol. The van der Waals surface area contributed by atoms with E-state index in [1.807, 2.05) is 187 Å². The SMILES string of the molecule is Cc1ccc(OP(Oc2ccc(C)cc2)Oc2ccc(C)cc2)cc1.Cc1ccc(OP(Oc2ccc(C)cc2)Oc2ccc(C)cc2)cc1. The van der Waals surface area contributed by atoms with Crippen molar-refractivity contribution in [2.24, 2.45) is 0 Å². The number of benzene rings is 6. The largest absolute Gasteiger partial charge is 0.530 e. The molecule has 6 rings (SSSR count). The molecule has 6 aromatic carbocycles. The molecule has 0 N–H and O–H groups in total. The Morgan fingerprint density at radius 2 is 0.340 bits per heavy atom. The van der Waals surface area contributed by atoms with Gasteiger partial charge in [0.2, 0.25) is 0 Å². The minimum Gasteiger partial charge on any atom is -0.409 e. The van der Waals surface area contributed by atoms with Gasteiger partial charge in [-0.25, -0.2) is 0 Å². The van der Waals surface area contributed by atoms with E-state index < -0.39 is 17.2 Å². The quantitative estimate of drug-likeness (QED) is 0.118. The van der Waals surface area contributed by atoms with Crippen LogP contribution < -0.4 is 27.1 Å². The molecule has 0 unspecified atom stereocenters. The van der Waals surface area contributed by atoms with Crippen LogP contribution in [-0.4, -0.2) is 0 Å². The van der Waals surface area contributed by atoms with Gasteiger partial charge in [0.05, 0.1) is 0 Å². The first-order valence-electron chi connectivity index (χ1n) is 16.2. The topological polar surface area (TPSA) is 55.4 Å². The van der Waals surface area contributed by atoms with Gasteiger partial charge in [0.1, 0.15) is 34.5 Å². The Kier molecular flexibility index (Phi) is 13.1. The summed E-state index contributed by atoms with van der Waals surface area (Å²) in [6, 6.07) is 47.0. The molecule has 0 aromatic heterocycles. The van der Waals surface area contributed by atoms with Gasteiger partial charge in [-0.1, -0.05) is 106 Å². The number of hydrogen-bond acceptors (Lipinski definition) is 6. The molecule has 0 fully saturated rings. The van der Waals surface area contributed by atoms with E-state index in [1.165, 1.54) is 33.4 Å².